The van der Waals surface area contributed by atoms with Crippen LogP contribution in [0.4, 0.5) is 11.4 Å². The summed E-state index contributed by atoms with van der Waals surface area (Å²) >= 11 is 0. The first-order chi connectivity index (χ1) is 17.0. The van der Waals surface area contributed by atoms with Gasteiger partial charge in [-0.1, -0.05) is 24.3 Å². The Morgan fingerprint density at radius 1 is 0.943 bits per heavy atom. The number of rotatable bonds is 5. The van der Waals surface area contributed by atoms with Gasteiger partial charge in [0.1, 0.15) is 5.69 Å². The lowest BCUT2D eigenvalue weighted by Gasteiger charge is -2.37. The average molecular weight is 475 g/mol. The molecule has 7 heteroatoms. The number of nitrogens with zero attached hydrogens (tertiary/aromatic N) is 5. The molecule has 2 saturated heterocycles. The van der Waals surface area contributed by atoms with E-state index in [0.29, 0.717) is 0 Å². The van der Waals surface area contributed by atoms with E-state index in [-0.39, 0.29) is 5.91 Å². The van der Waals surface area contributed by atoms with Gasteiger partial charge < -0.3 is 25.0 Å². The zero-order valence-corrected chi connectivity index (χ0v) is 21.1. The van der Waals surface area contributed by atoms with Gasteiger partial charge in [-0.3, -0.25) is 9.69 Å². The Labute approximate surface area is 209 Å². The Kier molecular flexibility index (Phi) is 6.86. The molecule has 2 N–H and O–H groups in total. The molecule has 0 saturated carbocycles. The van der Waals surface area contributed by atoms with E-state index in [4.69, 9.17) is 5.73 Å². The minimum atomic E-state index is 0.152. The molecule has 1 aliphatic carbocycles. The molecule has 0 atom stereocenters. The molecule has 3 aliphatic rings. The SMILES string of the molecule is Cc1c(CN2CCN(c3ccccc3N)CC2)cc(C(=O)N2CCN(C3=CCCC=C3)CC2)n1C. The average Bonchev–Trinajstić information content (AvgIpc) is 3.18. The molecule has 7 nitrogen and oxygen atoms in total. The van der Waals surface area contributed by atoms with Crippen LogP contribution in [0.2, 0.25) is 0 Å². The lowest BCUT2D eigenvalue weighted by molar-refractivity contribution is 0.0662. The van der Waals surface area contributed by atoms with Crippen molar-refractivity contribution < 1.29 is 4.79 Å². The van der Waals surface area contributed by atoms with Gasteiger partial charge in [0.15, 0.2) is 0 Å². The molecule has 2 aromatic rings. The van der Waals surface area contributed by atoms with E-state index in [1.54, 1.807) is 0 Å². The fraction of sp³-hybridized carbons (Fsp3) is 0.464. The maximum absolute atomic E-state index is 13.4. The summed E-state index contributed by atoms with van der Waals surface area (Å²) in [5.74, 6) is 0.152. The van der Waals surface area contributed by atoms with Gasteiger partial charge in [-0.2, -0.15) is 0 Å². The summed E-state index contributed by atoms with van der Waals surface area (Å²) in [6, 6.07) is 10.2. The summed E-state index contributed by atoms with van der Waals surface area (Å²) in [5, 5.41) is 0. The van der Waals surface area contributed by atoms with Crippen molar-refractivity contribution in [1.29, 1.82) is 0 Å². The number of aromatic nitrogens is 1. The van der Waals surface area contributed by atoms with Gasteiger partial charge in [-0.15, -0.1) is 0 Å². The molecule has 1 aromatic heterocycles. The Bertz CT molecular complexity index is 1120. The van der Waals surface area contributed by atoms with E-state index in [0.717, 1.165) is 88.8 Å². The highest BCUT2D eigenvalue weighted by Crippen LogP contribution is 2.25. The lowest BCUT2D eigenvalue weighted by atomic mass is 10.1. The number of para-hydroxylation sites is 2. The van der Waals surface area contributed by atoms with Gasteiger partial charge in [0.05, 0.1) is 11.4 Å². The molecule has 0 bridgehead atoms. The smallest absolute Gasteiger partial charge is 0.270 e. The topological polar surface area (TPSA) is 61.0 Å². The monoisotopic (exact) mass is 474 g/mol. The molecule has 3 heterocycles. The third-order valence-corrected chi connectivity index (χ3v) is 7.81. The summed E-state index contributed by atoms with van der Waals surface area (Å²) in [5.41, 5.74) is 12.7. The van der Waals surface area contributed by atoms with Crippen LogP contribution < -0.4 is 10.6 Å². The second kappa shape index (κ2) is 10.2. The quantitative estimate of drug-likeness (QED) is 0.675. The predicted molar refractivity (Wildman–Crippen MR) is 142 cm³/mol. The molecule has 35 heavy (non-hydrogen) atoms. The highest BCUT2D eigenvalue weighted by atomic mass is 16.2. The number of carbonyl (C=O) groups excluding carboxylic acids is 1. The summed E-state index contributed by atoms with van der Waals surface area (Å²) < 4.78 is 2.08. The molecule has 2 fully saturated rings. The number of allylic oxidation sites excluding steroid dienone is 3. The van der Waals surface area contributed by atoms with E-state index in [2.05, 4.69) is 56.6 Å². The van der Waals surface area contributed by atoms with Crippen molar-refractivity contribution in [2.45, 2.75) is 26.3 Å². The molecule has 5 rings (SSSR count). The van der Waals surface area contributed by atoms with Crippen LogP contribution in [-0.4, -0.2) is 77.5 Å². The fourth-order valence-electron chi connectivity index (χ4n) is 5.45. The zero-order chi connectivity index (χ0) is 24.4. The van der Waals surface area contributed by atoms with Crippen LogP contribution in [0.5, 0.6) is 0 Å². The summed E-state index contributed by atoms with van der Waals surface area (Å²) in [7, 11) is 2.02. The number of hydrogen-bond acceptors (Lipinski definition) is 5. The van der Waals surface area contributed by atoms with Crippen molar-refractivity contribution in [2.75, 3.05) is 63.0 Å². The summed E-state index contributed by atoms with van der Waals surface area (Å²) in [6.07, 6.45) is 9.04. The highest BCUT2D eigenvalue weighted by molar-refractivity contribution is 5.93. The number of hydrogen-bond donors (Lipinski definition) is 1. The Morgan fingerprint density at radius 3 is 2.34 bits per heavy atom. The number of carbonyl (C=O) groups is 1. The van der Waals surface area contributed by atoms with E-state index in [1.165, 1.54) is 17.0 Å². The first-order valence-corrected chi connectivity index (χ1v) is 12.9. The first kappa shape index (κ1) is 23.5. The van der Waals surface area contributed by atoms with Gasteiger partial charge in [0.25, 0.3) is 5.91 Å². The van der Waals surface area contributed by atoms with Crippen molar-refractivity contribution in [1.82, 2.24) is 19.3 Å². The van der Waals surface area contributed by atoms with Crippen molar-refractivity contribution in [3.05, 3.63) is 71.2 Å². The van der Waals surface area contributed by atoms with Gasteiger partial charge in [0.2, 0.25) is 0 Å². The Balaban J connectivity index is 1.18. The lowest BCUT2D eigenvalue weighted by Crippen LogP contribution is -2.48. The first-order valence-electron chi connectivity index (χ1n) is 12.9. The molecule has 0 spiro atoms. The predicted octanol–water partition coefficient (Wildman–Crippen LogP) is 3.23. The maximum atomic E-state index is 13.4. The molecular weight excluding hydrogens is 436 g/mol. The normalized spacial score (nSPS) is 19.3. The van der Waals surface area contributed by atoms with E-state index in [1.807, 2.05) is 30.1 Å². The molecule has 1 aromatic carbocycles. The van der Waals surface area contributed by atoms with Crippen LogP contribution in [-0.2, 0) is 13.6 Å². The molecule has 1 amide bonds. The molecular formula is C28H38N6O. The summed E-state index contributed by atoms with van der Waals surface area (Å²) in [6.45, 7) is 10.2. The van der Waals surface area contributed by atoms with E-state index in [9.17, 15) is 4.79 Å². The number of amides is 1. The summed E-state index contributed by atoms with van der Waals surface area (Å²) in [4.78, 5) is 22.7. The van der Waals surface area contributed by atoms with Crippen LogP contribution in [0.1, 0.15) is 34.6 Å². The van der Waals surface area contributed by atoms with Crippen LogP contribution in [0.15, 0.2) is 54.3 Å². The third-order valence-electron chi connectivity index (χ3n) is 7.81. The van der Waals surface area contributed by atoms with Crippen LogP contribution >= 0.6 is 0 Å². The molecule has 2 aliphatic heterocycles. The van der Waals surface area contributed by atoms with Crippen molar-refractivity contribution >= 4 is 17.3 Å². The number of nitrogens with two attached hydrogens (primary N) is 1. The maximum Gasteiger partial charge on any atom is 0.270 e. The molecule has 0 unspecified atom stereocenters. The van der Waals surface area contributed by atoms with Crippen molar-refractivity contribution in [3.8, 4) is 0 Å². The minimum Gasteiger partial charge on any atom is -0.397 e. The molecule has 186 valence electrons. The number of nitrogen functional groups attached to an aromatic ring is 1. The van der Waals surface area contributed by atoms with Crippen LogP contribution in [0, 0.1) is 6.92 Å². The van der Waals surface area contributed by atoms with Crippen LogP contribution in [0.25, 0.3) is 0 Å². The van der Waals surface area contributed by atoms with Crippen molar-refractivity contribution in [3.63, 3.8) is 0 Å². The van der Waals surface area contributed by atoms with Gasteiger partial charge in [0, 0.05) is 77.3 Å². The third kappa shape index (κ3) is 4.96. The van der Waals surface area contributed by atoms with Gasteiger partial charge >= 0.3 is 0 Å². The second-order valence-corrected chi connectivity index (χ2v) is 9.91. The number of benzene rings is 1. The van der Waals surface area contributed by atoms with Gasteiger partial charge in [-0.05, 0) is 49.6 Å². The number of anilines is 2. The highest BCUT2D eigenvalue weighted by Gasteiger charge is 2.27. The molecule has 0 radical (unpaired) electrons. The van der Waals surface area contributed by atoms with E-state index < -0.39 is 0 Å². The minimum absolute atomic E-state index is 0.152. The largest absolute Gasteiger partial charge is 0.397 e. The van der Waals surface area contributed by atoms with Gasteiger partial charge in [-0.25, -0.2) is 0 Å². The number of piperazine rings is 2. The second-order valence-electron chi connectivity index (χ2n) is 9.91. The van der Waals surface area contributed by atoms with Crippen LogP contribution in [0.3, 0.4) is 0 Å². The van der Waals surface area contributed by atoms with Crippen molar-refractivity contribution in [2.24, 2.45) is 7.05 Å². The Morgan fingerprint density at radius 2 is 1.66 bits per heavy atom. The Hall–Kier alpha value is -3.19. The standard InChI is InChI=1S/C28H38N6O/c1-22-23(21-31-12-14-33(15-13-31)26-11-7-6-10-25(26)29)20-27(30(22)2)28(35)34-18-16-32(17-19-34)24-8-4-3-5-9-24/h4,6-11,20H,3,5,12-19,21,29H2,1-2H3. The fourth-order valence-corrected chi connectivity index (χ4v) is 5.45. The zero-order valence-electron chi connectivity index (χ0n) is 21.1. The van der Waals surface area contributed by atoms with E-state index >= 15 is 0 Å².